The van der Waals surface area contributed by atoms with Gasteiger partial charge in [0.05, 0.1) is 6.07 Å². The zero-order valence-electron chi connectivity index (χ0n) is 12.4. The van der Waals surface area contributed by atoms with Gasteiger partial charge in [0.1, 0.15) is 10.1 Å². The number of thioether (sulfide) groups is 1. The molecule has 0 aliphatic carbocycles. The fourth-order valence-corrected chi connectivity index (χ4v) is 2.35. The number of nitrogens with zero attached hydrogens (tertiary/aromatic N) is 1. The first-order valence-corrected chi connectivity index (χ1v) is 8.28. The largest absolute Gasteiger partial charge is 0.440 e. The molecule has 0 heterocycles. The van der Waals surface area contributed by atoms with Crippen LogP contribution in [0.25, 0.3) is 0 Å². The molecule has 4 nitrogen and oxygen atoms in total. The fourth-order valence-electron chi connectivity index (χ4n) is 1.45. The lowest BCUT2D eigenvalue weighted by Gasteiger charge is -2.10. The molecule has 1 atom stereocenters. The van der Waals surface area contributed by atoms with E-state index in [1.165, 1.54) is 11.8 Å². The summed E-state index contributed by atoms with van der Waals surface area (Å²) in [5, 5.41) is 19.4. The Labute approximate surface area is 141 Å². The Kier molecular flexibility index (Phi) is 8.96. The second kappa shape index (κ2) is 10.8. The summed E-state index contributed by atoms with van der Waals surface area (Å²) in [6.45, 7) is 2.72. The van der Waals surface area contributed by atoms with E-state index < -0.39 is 0 Å². The predicted octanol–water partition coefficient (Wildman–Crippen LogP) is 3.76. The van der Waals surface area contributed by atoms with Crippen molar-refractivity contribution < 1.29 is 4.74 Å². The van der Waals surface area contributed by atoms with Gasteiger partial charge in [-0.15, -0.1) is 0 Å². The van der Waals surface area contributed by atoms with Crippen molar-refractivity contribution in [3.8, 4) is 11.8 Å². The first kappa shape index (κ1) is 18.2. The van der Waals surface area contributed by atoms with Crippen LogP contribution in [-0.4, -0.2) is 22.5 Å². The zero-order chi connectivity index (χ0) is 16.2. The number of nitrogens with one attached hydrogen (secondary N) is 2. The van der Waals surface area contributed by atoms with E-state index in [1.807, 2.05) is 43.3 Å². The van der Waals surface area contributed by atoms with Crippen molar-refractivity contribution in [2.75, 3.05) is 12.3 Å². The summed E-state index contributed by atoms with van der Waals surface area (Å²) in [6.07, 6.45) is 4.04. The lowest BCUT2D eigenvalue weighted by atomic mass is 10.1. The highest BCUT2D eigenvalue weighted by Crippen LogP contribution is 2.09. The monoisotopic (exact) mass is 333 g/mol. The molecule has 22 heavy (non-hydrogen) atoms. The van der Waals surface area contributed by atoms with Gasteiger partial charge in [-0.25, -0.2) is 0 Å². The number of rotatable bonds is 7. The highest BCUT2D eigenvalue weighted by molar-refractivity contribution is 8.22. The van der Waals surface area contributed by atoms with E-state index in [0.717, 1.165) is 0 Å². The highest BCUT2D eigenvalue weighted by Gasteiger charge is 2.02. The zero-order valence-corrected chi connectivity index (χ0v) is 14.0. The fraction of sp³-hybridized carbons (Fsp3) is 0.312. The number of hydrogen-bond acceptors (Lipinski definition) is 5. The standard InChI is InChI=1S/C16H19N3OS2/c1-13(12-19-16(21)22-11-5-10-17)8-9-15(18)20-14-6-3-2-4-7-14/h2-4,6-9,13,18H,5,11-12H2,1H3,(H,19,21)/b9-8-,18-15?. The quantitative estimate of drug-likeness (QED) is 0.344. The van der Waals surface area contributed by atoms with E-state index in [9.17, 15) is 0 Å². The Morgan fingerprint density at radius 1 is 1.50 bits per heavy atom. The summed E-state index contributed by atoms with van der Waals surface area (Å²) in [6, 6.07) is 11.3. The highest BCUT2D eigenvalue weighted by atomic mass is 32.2. The first-order chi connectivity index (χ1) is 10.6. The van der Waals surface area contributed by atoms with Gasteiger partial charge in [0, 0.05) is 18.7 Å². The molecule has 1 aromatic rings. The molecule has 0 aromatic heterocycles. The molecule has 0 radical (unpaired) electrons. The number of ether oxygens (including phenoxy) is 1. The summed E-state index contributed by atoms with van der Waals surface area (Å²) in [4.78, 5) is 0. The van der Waals surface area contributed by atoms with Crippen LogP contribution in [0.5, 0.6) is 5.75 Å². The number of nitriles is 1. The van der Waals surface area contributed by atoms with E-state index in [2.05, 4.69) is 11.4 Å². The molecule has 116 valence electrons. The summed E-state index contributed by atoms with van der Waals surface area (Å²) in [5.74, 6) is 1.68. The van der Waals surface area contributed by atoms with Crippen LogP contribution in [0.3, 0.4) is 0 Å². The predicted molar refractivity (Wildman–Crippen MR) is 96.4 cm³/mol. The molecule has 1 unspecified atom stereocenters. The minimum Gasteiger partial charge on any atom is -0.440 e. The molecule has 2 N–H and O–H groups in total. The summed E-state index contributed by atoms with van der Waals surface area (Å²) >= 11 is 6.64. The molecule has 0 aliphatic heterocycles. The molecule has 6 heteroatoms. The molecule has 0 saturated carbocycles. The van der Waals surface area contributed by atoms with Crippen molar-refractivity contribution in [1.82, 2.24) is 5.32 Å². The van der Waals surface area contributed by atoms with Crippen molar-refractivity contribution in [2.45, 2.75) is 13.3 Å². The summed E-state index contributed by atoms with van der Waals surface area (Å²) in [7, 11) is 0. The molecular weight excluding hydrogens is 314 g/mol. The van der Waals surface area contributed by atoms with Gasteiger partial charge in [-0.05, 0) is 24.1 Å². The lowest BCUT2D eigenvalue weighted by Crippen LogP contribution is -2.24. The maximum absolute atomic E-state index is 8.46. The summed E-state index contributed by atoms with van der Waals surface area (Å²) in [5.41, 5.74) is 0. The normalized spacial score (nSPS) is 11.6. The third kappa shape index (κ3) is 8.45. The van der Waals surface area contributed by atoms with Gasteiger partial charge >= 0.3 is 0 Å². The Morgan fingerprint density at radius 3 is 2.91 bits per heavy atom. The molecule has 0 aliphatic rings. The van der Waals surface area contributed by atoms with Gasteiger partial charge in [-0.2, -0.15) is 5.26 Å². The van der Waals surface area contributed by atoms with E-state index in [4.69, 9.17) is 27.6 Å². The van der Waals surface area contributed by atoms with Crippen molar-refractivity contribution >= 4 is 34.2 Å². The van der Waals surface area contributed by atoms with Gasteiger partial charge in [-0.3, -0.25) is 5.41 Å². The first-order valence-electron chi connectivity index (χ1n) is 6.89. The Bertz CT molecular complexity index is 552. The molecular formula is C16H19N3OS2. The van der Waals surface area contributed by atoms with Crippen LogP contribution in [0.1, 0.15) is 13.3 Å². The summed E-state index contributed by atoms with van der Waals surface area (Å²) < 4.78 is 6.07. The van der Waals surface area contributed by atoms with Crippen LogP contribution in [-0.2, 0) is 0 Å². The molecule has 0 saturated heterocycles. The van der Waals surface area contributed by atoms with Crippen molar-refractivity contribution in [2.24, 2.45) is 5.92 Å². The van der Waals surface area contributed by atoms with Crippen LogP contribution >= 0.6 is 24.0 Å². The molecule has 1 aromatic carbocycles. The number of benzene rings is 1. The van der Waals surface area contributed by atoms with Crippen molar-refractivity contribution in [1.29, 1.82) is 10.7 Å². The van der Waals surface area contributed by atoms with Crippen LogP contribution in [0.15, 0.2) is 42.5 Å². The third-order valence-electron chi connectivity index (χ3n) is 2.56. The maximum atomic E-state index is 8.46. The Balaban J connectivity index is 2.26. The van der Waals surface area contributed by atoms with Crippen molar-refractivity contribution in [3.63, 3.8) is 0 Å². The minimum atomic E-state index is 0.101. The average Bonchev–Trinajstić information content (AvgIpc) is 2.52. The van der Waals surface area contributed by atoms with E-state index in [0.29, 0.717) is 28.8 Å². The lowest BCUT2D eigenvalue weighted by molar-refractivity contribution is 0.549. The molecule has 0 bridgehead atoms. The SMILES string of the molecule is CC(/C=C\C(=N)Oc1ccccc1)CNC(=S)SCCC#N. The molecule has 0 fully saturated rings. The second-order valence-corrected chi connectivity index (χ2v) is 6.31. The van der Waals surface area contributed by atoms with Gasteiger partial charge in [0.25, 0.3) is 0 Å². The van der Waals surface area contributed by atoms with Crippen LogP contribution < -0.4 is 10.1 Å². The molecule has 0 spiro atoms. The average molecular weight is 333 g/mol. The van der Waals surface area contributed by atoms with Gasteiger partial charge < -0.3 is 10.1 Å². The van der Waals surface area contributed by atoms with Crippen LogP contribution in [0, 0.1) is 22.7 Å². The minimum absolute atomic E-state index is 0.101. The number of para-hydroxylation sites is 1. The topological polar surface area (TPSA) is 68.9 Å². The Morgan fingerprint density at radius 2 is 2.23 bits per heavy atom. The van der Waals surface area contributed by atoms with E-state index in [-0.39, 0.29) is 11.8 Å². The van der Waals surface area contributed by atoms with Crippen molar-refractivity contribution in [3.05, 3.63) is 42.5 Å². The van der Waals surface area contributed by atoms with Crippen LogP contribution in [0.4, 0.5) is 0 Å². The maximum Gasteiger partial charge on any atom is 0.211 e. The van der Waals surface area contributed by atoms with Gasteiger partial charge in [0.2, 0.25) is 5.90 Å². The molecule has 1 rings (SSSR count). The van der Waals surface area contributed by atoms with Crippen LogP contribution in [0.2, 0.25) is 0 Å². The third-order valence-corrected chi connectivity index (χ3v) is 3.88. The number of hydrogen-bond donors (Lipinski definition) is 2. The van der Waals surface area contributed by atoms with E-state index >= 15 is 0 Å². The smallest absolute Gasteiger partial charge is 0.211 e. The molecule has 0 amide bonds. The van der Waals surface area contributed by atoms with E-state index in [1.54, 1.807) is 6.08 Å². The van der Waals surface area contributed by atoms with Gasteiger partial charge in [0.15, 0.2) is 0 Å². The number of thiocarbonyl (C=S) groups is 1. The van der Waals surface area contributed by atoms with Gasteiger partial charge in [-0.1, -0.05) is 55.2 Å². The second-order valence-electron chi connectivity index (χ2n) is 4.54. The Hall–Kier alpha value is -1.84.